The summed E-state index contributed by atoms with van der Waals surface area (Å²) in [6, 6.07) is 20.4. The molecule has 0 bridgehead atoms. The standard InChI is InChI=1S/C26H22N4O4/c1-3-19-8-5-10-21(14-19)17-27-29(25(31)32)23-12-7-13-24(16-23)30(26(33)34)28-18-22-11-6-9-20(4-2)15-22/h3-18H,1-2H2,(H,31,32)(H,33,34). The van der Waals surface area contributed by atoms with Crippen LogP contribution in [-0.4, -0.2) is 34.8 Å². The Labute approximate surface area is 196 Å². The molecular formula is C26H22N4O4. The van der Waals surface area contributed by atoms with Gasteiger partial charge in [-0.1, -0.05) is 67.8 Å². The molecule has 0 aromatic heterocycles. The molecule has 0 radical (unpaired) electrons. The molecule has 0 fully saturated rings. The molecule has 170 valence electrons. The second-order valence-electron chi connectivity index (χ2n) is 6.95. The third kappa shape index (κ3) is 6.04. The molecule has 0 aliphatic carbocycles. The molecule has 0 atom stereocenters. The van der Waals surface area contributed by atoms with E-state index in [0.717, 1.165) is 21.1 Å². The molecule has 3 rings (SSSR count). The minimum atomic E-state index is -1.33. The maximum absolute atomic E-state index is 11.9. The molecule has 8 heteroatoms. The van der Waals surface area contributed by atoms with E-state index in [1.165, 1.54) is 36.7 Å². The zero-order valence-corrected chi connectivity index (χ0v) is 18.2. The summed E-state index contributed by atoms with van der Waals surface area (Å²) < 4.78 is 0. The predicted octanol–water partition coefficient (Wildman–Crippen LogP) is 6.01. The van der Waals surface area contributed by atoms with Crippen molar-refractivity contribution in [3.63, 3.8) is 0 Å². The van der Waals surface area contributed by atoms with Gasteiger partial charge in [-0.15, -0.1) is 0 Å². The number of anilines is 2. The fourth-order valence-corrected chi connectivity index (χ4v) is 2.99. The van der Waals surface area contributed by atoms with Crippen LogP contribution in [0.1, 0.15) is 22.3 Å². The topological polar surface area (TPSA) is 106 Å². The summed E-state index contributed by atoms with van der Waals surface area (Å²) >= 11 is 0. The lowest BCUT2D eigenvalue weighted by Crippen LogP contribution is -2.25. The largest absolute Gasteiger partial charge is 0.463 e. The van der Waals surface area contributed by atoms with Crippen molar-refractivity contribution in [1.82, 2.24) is 0 Å². The second kappa shape index (κ2) is 11.1. The monoisotopic (exact) mass is 454 g/mol. The lowest BCUT2D eigenvalue weighted by atomic mass is 10.1. The summed E-state index contributed by atoms with van der Waals surface area (Å²) in [5.41, 5.74) is 3.38. The Morgan fingerprint density at radius 1 is 0.647 bits per heavy atom. The van der Waals surface area contributed by atoms with Gasteiger partial charge in [0.1, 0.15) is 0 Å². The first-order valence-corrected chi connectivity index (χ1v) is 10.1. The molecule has 0 saturated carbocycles. The molecular weight excluding hydrogens is 432 g/mol. The van der Waals surface area contributed by atoms with E-state index in [1.54, 1.807) is 48.6 Å². The number of carboxylic acid groups (broad SMARTS) is 2. The van der Waals surface area contributed by atoms with Crippen LogP contribution in [0.4, 0.5) is 21.0 Å². The number of hydrazone groups is 2. The summed E-state index contributed by atoms with van der Waals surface area (Å²) in [4.78, 5) is 23.7. The Bertz CT molecular complexity index is 1190. The molecule has 34 heavy (non-hydrogen) atoms. The first-order valence-electron chi connectivity index (χ1n) is 10.1. The van der Waals surface area contributed by atoms with Gasteiger partial charge in [-0.05, 0) is 52.6 Å². The van der Waals surface area contributed by atoms with Crippen LogP contribution >= 0.6 is 0 Å². The average Bonchev–Trinajstić information content (AvgIpc) is 2.84. The highest BCUT2D eigenvalue weighted by Crippen LogP contribution is 2.24. The van der Waals surface area contributed by atoms with E-state index in [-0.39, 0.29) is 11.4 Å². The van der Waals surface area contributed by atoms with Crippen LogP contribution in [0.25, 0.3) is 12.2 Å². The minimum Gasteiger partial charge on any atom is -0.463 e. The summed E-state index contributed by atoms with van der Waals surface area (Å²) in [6.07, 6.45) is 3.47. The predicted molar refractivity (Wildman–Crippen MR) is 136 cm³/mol. The van der Waals surface area contributed by atoms with Crippen LogP contribution in [0.3, 0.4) is 0 Å². The lowest BCUT2D eigenvalue weighted by molar-refractivity contribution is 0.201. The number of amides is 2. The third-order valence-electron chi connectivity index (χ3n) is 4.62. The van der Waals surface area contributed by atoms with Crippen molar-refractivity contribution < 1.29 is 19.8 Å². The van der Waals surface area contributed by atoms with Crippen molar-refractivity contribution in [2.45, 2.75) is 0 Å². The molecule has 0 saturated heterocycles. The zero-order chi connectivity index (χ0) is 24.5. The summed E-state index contributed by atoms with van der Waals surface area (Å²) in [5.74, 6) is 0. The van der Waals surface area contributed by atoms with Crippen molar-refractivity contribution in [3.05, 3.63) is 108 Å². The highest BCUT2D eigenvalue weighted by Gasteiger charge is 2.18. The summed E-state index contributed by atoms with van der Waals surface area (Å²) in [7, 11) is 0. The highest BCUT2D eigenvalue weighted by molar-refractivity contribution is 5.93. The zero-order valence-electron chi connectivity index (χ0n) is 18.2. The van der Waals surface area contributed by atoms with Crippen LogP contribution in [0.2, 0.25) is 0 Å². The molecule has 3 aromatic carbocycles. The van der Waals surface area contributed by atoms with Gasteiger partial charge in [0.15, 0.2) is 0 Å². The summed E-state index contributed by atoms with van der Waals surface area (Å²) in [5, 5.41) is 29.0. The smallest absolute Gasteiger partial charge is 0.432 e. The van der Waals surface area contributed by atoms with Gasteiger partial charge in [-0.2, -0.15) is 20.2 Å². The van der Waals surface area contributed by atoms with Crippen molar-refractivity contribution in [2.24, 2.45) is 10.2 Å². The van der Waals surface area contributed by atoms with Gasteiger partial charge in [0.25, 0.3) is 0 Å². The average molecular weight is 454 g/mol. The van der Waals surface area contributed by atoms with Crippen molar-refractivity contribution in [2.75, 3.05) is 10.0 Å². The Kier molecular flexibility index (Phi) is 7.70. The molecule has 2 N–H and O–H groups in total. The summed E-state index contributed by atoms with van der Waals surface area (Å²) in [6.45, 7) is 7.42. The number of nitrogens with zero attached hydrogens (tertiary/aromatic N) is 4. The van der Waals surface area contributed by atoms with Crippen LogP contribution in [0.15, 0.2) is 96.2 Å². The number of carbonyl (C=O) groups is 2. The van der Waals surface area contributed by atoms with E-state index in [1.807, 2.05) is 12.1 Å². The molecule has 0 unspecified atom stereocenters. The first kappa shape index (κ1) is 23.7. The van der Waals surface area contributed by atoms with E-state index in [4.69, 9.17) is 0 Å². The van der Waals surface area contributed by atoms with Gasteiger partial charge in [0.05, 0.1) is 23.8 Å². The SMILES string of the molecule is C=Cc1cccc(C=NN(C(=O)O)c2cccc(N(N=Cc3cccc(C=C)c3)C(=O)O)c2)c1. The van der Waals surface area contributed by atoms with Crippen LogP contribution in [0.5, 0.6) is 0 Å². The normalized spacial score (nSPS) is 10.8. The maximum atomic E-state index is 11.9. The van der Waals surface area contributed by atoms with Crippen molar-refractivity contribution in [3.8, 4) is 0 Å². The van der Waals surface area contributed by atoms with Gasteiger partial charge in [-0.3, -0.25) is 0 Å². The minimum absolute atomic E-state index is 0.149. The Morgan fingerprint density at radius 3 is 1.41 bits per heavy atom. The second-order valence-corrected chi connectivity index (χ2v) is 6.95. The maximum Gasteiger partial charge on any atom is 0.432 e. The van der Waals surface area contributed by atoms with E-state index >= 15 is 0 Å². The van der Waals surface area contributed by atoms with E-state index in [0.29, 0.717) is 11.1 Å². The molecule has 3 aromatic rings. The highest BCUT2D eigenvalue weighted by atomic mass is 16.4. The number of benzene rings is 3. The van der Waals surface area contributed by atoms with Gasteiger partial charge in [-0.25, -0.2) is 9.59 Å². The molecule has 0 heterocycles. The van der Waals surface area contributed by atoms with Gasteiger partial charge < -0.3 is 10.2 Å². The fraction of sp³-hybridized carbons (Fsp3) is 0. The van der Waals surface area contributed by atoms with Crippen LogP contribution in [-0.2, 0) is 0 Å². The molecule has 2 amide bonds. The van der Waals surface area contributed by atoms with Crippen molar-refractivity contribution >= 4 is 48.1 Å². The Morgan fingerprint density at radius 2 is 1.03 bits per heavy atom. The van der Waals surface area contributed by atoms with E-state index < -0.39 is 12.2 Å². The van der Waals surface area contributed by atoms with Crippen LogP contribution in [0, 0.1) is 0 Å². The molecule has 0 spiro atoms. The Hall–Kier alpha value is -4.98. The molecule has 0 aliphatic rings. The number of hydrogen-bond donors (Lipinski definition) is 2. The van der Waals surface area contributed by atoms with E-state index in [9.17, 15) is 19.8 Å². The number of hydrogen-bond acceptors (Lipinski definition) is 4. The van der Waals surface area contributed by atoms with Gasteiger partial charge >= 0.3 is 12.2 Å². The quantitative estimate of drug-likeness (QED) is 0.321. The van der Waals surface area contributed by atoms with Crippen LogP contribution < -0.4 is 10.0 Å². The Balaban J connectivity index is 1.91. The van der Waals surface area contributed by atoms with Gasteiger partial charge in [0, 0.05) is 0 Å². The number of rotatable bonds is 8. The van der Waals surface area contributed by atoms with Gasteiger partial charge in [0.2, 0.25) is 0 Å². The lowest BCUT2D eigenvalue weighted by Gasteiger charge is -2.17. The van der Waals surface area contributed by atoms with E-state index in [2.05, 4.69) is 23.4 Å². The van der Waals surface area contributed by atoms with Crippen molar-refractivity contribution in [1.29, 1.82) is 0 Å². The third-order valence-corrected chi connectivity index (χ3v) is 4.62. The fourth-order valence-electron chi connectivity index (χ4n) is 2.99. The molecule has 0 aliphatic heterocycles. The first-order chi connectivity index (χ1) is 16.4. The molecule has 8 nitrogen and oxygen atoms in total.